The van der Waals surface area contributed by atoms with E-state index in [-0.39, 0.29) is 11.5 Å². The summed E-state index contributed by atoms with van der Waals surface area (Å²) in [7, 11) is 0. The molecule has 3 heterocycles. The lowest BCUT2D eigenvalue weighted by molar-refractivity contribution is -0.0522. The van der Waals surface area contributed by atoms with Crippen LogP contribution < -0.4 is 0 Å². The van der Waals surface area contributed by atoms with E-state index < -0.39 is 0 Å². The van der Waals surface area contributed by atoms with E-state index >= 15 is 0 Å². The second-order valence-electron chi connectivity index (χ2n) is 5.80. The Bertz CT molecular complexity index is 577. The maximum absolute atomic E-state index is 12.5. The summed E-state index contributed by atoms with van der Waals surface area (Å²) in [4.78, 5) is 18.3. The number of amides is 1. The van der Waals surface area contributed by atoms with Crippen LogP contribution in [-0.2, 0) is 4.74 Å². The Hall–Kier alpha value is -1.39. The van der Waals surface area contributed by atoms with Crippen LogP contribution >= 0.6 is 11.6 Å². The number of carbonyl (C=O) groups is 1. The summed E-state index contributed by atoms with van der Waals surface area (Å²) in [5.41, 5.74) is 1.75. The van der Waals surface area contributed by atoms with Crippen molar-refractivity contribution in [2.24, 2.45) is 0 Å². The molecule has 2 aliphatic rings. The van der Waals surface area contributed by atoms with Crippen molar-refractivity contribution in [2.45, 2.75) is 31.8 Å². The van der Waals surface area contributed by atoms with Crippen molar-refractivity contribution in [1.29, 1.82) is 0 Å². The summed E-state index contributed by atoms with van der Waals surface area (Å²) in [6.45, 7) is 4.33. The van der Waals surface area contributed by atoms with Gasteiger partial charge in [0, 0.05) is 25.5 Å². The third-order valence-corrected chi connectivity index (χ3v) is 4.60. The highest BCUT2D eigenvalue weighted by Crippen LogP contribution is 2.33. The van der Waals surface area contributed by atoms with Crippen molar-refractivity contribution in [1.82, 2.24) is 9.88 Å². The van der Waals surface area contributed by atoms with Gasteiger partial charge in [0.05, 0.1) is 22.8 Å². The van der Waals surface area contributed by atoms with Gasteiger partial charge in [-0.1, -0.05) is 23.3 Å². The van der Waals surface area contributed by atoms with Gasteiger partial charge in [0.2, 0.25) is 0 Å². The fourth-order valence-corrected chi connectivity index (χ4v) is 3.27. The maximum atomic E-state index is 12.5. The Kier molecular flexibility index (Phi) is 4.00. The fourth-order valence-electron chi connectivity index (χ4n) is 3.07. The molecule has 2 aliphatic heterocycles. The highest BCUT2D eigenvalue weighted by Gasteiger charge is 2.37. The number of nitrogens with zero attached hydrogens (tertiary/aromatic N) is 2. The molecule has 21 heavy (non-hydrogen) atoms. The van der Waals surface area contributed by atoms with E-state index in [0.29, 0.717) is 23.7 Å². The molecule has 4 nitrogen and oxygen atoms in total. The van der Waals surface area contributed by atoms with Crippen molar-refractivity contribution in [2.75, 3.05) is 19.7 Å². The first-order chi connectivity index (χ1) is 10.1. The van der Waals surface area contributed by atoms with Gasteiger partial charge in [-0.05, 0) is 32.3 Å². The molecule has 1 amide bonds. The van der Waals surface area contributed by atoms with Crippen LogP contribution in [0.25, 0.3) is 0 Å². The minimum Gasteiger partial charge on any atom is -0.370 e. The minimum atomic E-state index is -0.166. The quantitative estimate of drug-likeness (QED) is 0.749. The van der Waals surface area contributed by atoms with Crippen LogP contribution in [0.1, 0.15) is 36.5 Å². The third-order valence-electron chi connectivity index (χ3n) is 4.30. The average Bonchev–Trinajstić information content (AvgIpc) is 2.48. The Morgan fingerprint density at radius 3 is 2.86 bits per heavy atom. The van der Waals surface area contributed by atoms with E-state index in [0.717, 1.165) is 25.9 Å². The second-order valence-corrected chi connectivity index (χ2v) is 6.21. The normalized spacial score (nSPS) is 21.2. The smallest absolute Gasteiger partial charge is 0.255 e. The van der Waals surface area contributed by atoms with Gasteiger partial charge < -0.3 is 9.64 Å². The predicted molar refractivity (Wildman–Crippen MR) is 81.4 cm³/mol. The van der Waals surface area contributed by atoms with Crippen molar-refractivity contribution >= 4 is 17.5 Å². The summed E-state index contributed by atoms with van der Waals surface area (Å²) >= 11 is 6.06. The van der Waals surface area contributed by atoms with Gasteiger partial charge in [0.1, 0.15) is 0 Å². The molecule has 1 aromatic heterocycles. The highest BCUT2D eigenvalue weighted by atomic mass is 35.5. The molecular formula is C16H19ClN2O2. The summed E-state index contributed by atoms with van der Waals surface area (Å²) in [6.07, 6.45) is 8.06. The molecule has 1 aromatic rings. The number of carbonyl (C=O) groups excluding carboxylic acids is 1. The number of halogens is 1. The number of ether oxygens (including phenoxy) is 1. The van der Waals surface area contributed by atoms with E-state index in [2.05, 4.69) is 18.0 Å². The summed E-state index contributed by atoms with van der Waals surface area (Å²) in [5, 5.41) is 0.410. The van der Waals surface area contributed by atoms with Crippen LogP contribution in [0.15, 0.2) is 30.1 Å². The number of piperidine rings is 1. The molecule has 1 fully saturated rings. The maximum Gasteiger partial charge on any atom is 0.255 e. The number of aromatic nitrogens is 1. The topological polar surface area (TPSA) is 42.4 Å². The third kappa shape index (κ3) is 2.97. The first-order valence-electron chi connectivity index (χ1n) is 7.31. The molecule has 0 radical (unpaired) electrons. The van der Waals surface area contributed by atoms with E-state index in [9.17, 15) is 4.79 Å². The van der Waals surface area contributed by atoms with Crippen LogP contribution in [0.2, 0.25) is 5.02 Å². The Morgan fingerprint density at radius 2 is 2.19 bits per heavy atom. The van der Waals surface area contributed by atoms with E-state index in [1.165, 1.54) is 11.8 Å². The first-order valence-corrected chi connectivity index (χ1v) is 7.69. The monoisotopic (exact) mass is 306 g/mol. The lowest BCUT2D eigenvalue weighted by atomic mass is 9.87. The average molecular weight is 307 g/mol. The Morgan fingerprint density at radius 1 is 1.43 bits per heavy atom. The van der Waals surface area contributed by atoms with Gasteiger partial charge in [-0.3, -0.25) is 9.78 Å². The number of hydrogen-bond donors (Lipinski definition) is 0. The zero-order valence-electron chi connectivity index (χ0n) is 12.1. The van der Waals surface area contributed by atoms with Gasteiger partial charge >= 0.3 is 0 Å². The lowest BCUT2D eigenvalue weighted by Crippen LogP contribution is -2.48. The molecule has 0 aliphatic carbocycles. The van der Waals surface area contributed by atoms with Crippen LogP contribution in [0.4, 0.5) is 0 Å². The number of rotatable bonds is 1. The van der Waals surface area contributed by atoms with Crippen molar-refractivity contribution in [3.8, 4) is 0 Å². The summed E-state index contributed by atoms with van der Waals surface area (Å²) in [6, 6.07) is 1.68. The largest absolute Gasteiger partial charge is 0.370 e. The molecule has 0 aromatic carbocycles. The minimum absolute atomic E-state index is 0.0197. The van der Waals surface area contributed by atoms with Crippen LogP contribution in [0, 0.1) is 0 Å². The van der Waals surface area contributed by atoms with Gasteiger partial charge in [0.25, 0.3) is 5.91 Å². The molecule has 0 bridgehead atoms. The summed E-state index contributed by atoms with van der Waals surface area (Å²) in [5.74, 6) is -0.0197. The zero-order chi connectivity index (χ0) is 14.9. The molecular weight excluding hydrogens is 288 g/mol. The Labute approximate surface area is 129 Å². The second kappa shape index (κ2) is 5.78. The number of pyridine rings is 1. The Balaban J connectivity index is 1.70. The zero-order valence-corrected chi connectivity index (χ0v) is 12.9. The van der Waals surface area contributed by atoms with Gasteiger partial charge in [0.15, 0.2) is 0 Å². The van der Waals surface area contributed by atoms with Crippen LogP contribution in [0.5, 0.6) is 0 Å². The van der Waals surface area contributed by atoms with Crippen molar-refractivity contribution in [3.05, 3.63) is 40.7 Å². The number of hydrogen-bond acceptors (Lipinski definition) is 3. The molecule has 0 saturated carbocycles. The van der Waals surface area contributed by atoms with E-state index in [1.54, 1.807) is 12.3 Å². The molecule has 3 rings (SSSR count). The first kappa shape index (κ1) is 14.5. The lowest BCUT2D eigenvalue weighted by Gasteiger charge is -2.42. The van der Waals surface area contributed by atoms with Crippen molar-refractivity contribution < 1.29 is 9.53 Å². The van der Waals surface area contributed by atoms with Gasteiger partial charge in [-0.2, -0.15) is 0 Å². The van der Waals surface area contributed by atoms with Crippen LogP contribution in [-0.4, -0.2) is 41.1 Å². The molecule has 5 heteroatoms. The predicted octanol–water partition coefficient (Wildman–Crippen LogP) is 3.08. The highest BCUT2D eigenvalue weighted by molar-refractivity contribution is 6.33. The molecule has 0 unspecified atom stereocenters. The fraction of sp³-hybridized carbons (Fsp3) is 0.500. The molecule has 0 N–H and O–H groups in total. The van der Waals surface area contributed by atoms with E-state index in [4.69, 9.17) is 16.3 Å². The molecule has 112 valence electrons. The number of likely N-dealkylation sites (tertiary alicyclic amines) is 1. The standard InChI is InChI=1S/C16H19ClN2O2/c1-12-3-9-21-16(10-12)4-7-19(8-5-16)15(20)13-2-6-18-11-14(13)17/h2,6,10-11H,3-5,7-9H2,1H3. The van der Waals surface area contributed by atoms with Crippen molar-refractivity contribution in [3.63, 3.8) is 0 Å². The van der Waals surface area contributed by atoms with Gasteiger partial charge in [-0.25, -0.2) is 0 Å². The summed E-state index contributed by atoms with van der Waals surface area (Å²) < 4.78 is 5.98. The van der Waals surface area contributed by atoms with Crippen LogP contribution in [0.3, 0.4) is 0 Å². The van der Waals surface area contributed by atoms with E-state index in [1.807, 2.05) is 4.90 Å². The molecule has 1 saturated heterocycles. The van der Waals surface area contributed by atoms with Gasteiger partial charge in [-0.15, -0.1) is 0 Å². The molecule has 1 spiro atoms. The SMILES string of the molecule is CC1=CC2(CCN(C(=O)c3ccncc3Cl)CC2)OCC1. The molecule has 0 atom stereocenters.